The zero-order valence-electron chi connectivity index (χ0n) is 15.7. The Balaban J connectivity index is 1.28. The molecule has 1 aromatic heterocycles. The number of aliphatic hydroxyl groups excluding tert-OH is 1. The van der Waals surface area contributed by atoms with E-state index in [0.29, 0.717) is 36.3 Å². The summed E-state index contributed by atoms with van der Waals surface area (Å²) in [5.74, 6) is 0.951. The Morgan fingerprint density at radius 1 is 1.11 bits per heavy atom. The minimum Gasteiger partial charge on any atom is -0.390 e. The van der Waals surface area contributed by atoms with Gasteiger partial charge in [0.15, 0.2) is 0 Å². The van der Waals surface area contributed by atoms with Crippen LogP contribution in [0.25, 0.3) is 0 Å². The van der Waals surface area contributed by atoms with Gasteiger partial charge in [-0.1, -0.05) is 17.7 Å². The predicted molar refractivity (Wildman–Crippen MR) is 110 cm³/mol. The van der Waals surface area contributed by atoms with Crippen LogP contribution in [0.3, 0.4) is 0 Å². The van der Waals surface area contributed by atoms with Gasteiger partial charge in [-0.05, 0) is 49.2 Å². The molecular formula is C21H25ClN4O2. The molecule has 7 heteroatoms. The zero-order valence-corrected chi connectivity index (χ0v) is 16.4. The second-order valence-electron chi connectivity index (χ2n) is 7.51. The Bertz CT molecular complexity index is 794. The first-order chi connectivity index (χ1) is 13.6. The van der Waals surface area contributed by atoms with Crippen molar-refractivity contribution in [2.75, 3.05) is 31.1 Å². The van der Waals surface area contributed by atoms with Crippen LogP contribution in [-0.4, -0.2) is 65.3 Å². The molecule has 1 aromatic carbocycles. The lowest BCUT2D eigenvalue weighted by molar-refractivity contribution is 0.0691. The number of hydrogen-bond donors (Lipinski definition) is 2. The number of halogens is 1. The number of hydrogen-bond acceptors (Lipinski definition) is 5. The highest BCUT2D eigenvalue weighted by atomic mass is 35.5. The number of carbonyl (C=O) groups excluding carboxylic acids is 1. The number of likely N-dealkylation sites (tertiary alicyclic amines) is 1. The number of carbonyl (C=O) groups is 1. The maximum Gasteiger partial charge on any atom is 0.253 e. The molecule has 0 saturated carbocycles. The van der Waals surface area contributed by atoms with Crippen molar-refractivity contribution >= 4 is 23.3 Å². The van der Waals surface area contributed by atoms with E-state index in [9.17, 15) is 9.90 Å². The van der Waals surface area contributed by atoms with Crippen molar-refractivity contribution in [3.8, 4) is 0 Å². The number of benzene rings is 1. The summed E-state index contributed by atoms with van der Waals surface area (Å²) in [5, 5.41) is 14.7. The number of nitrogens with zero attached hydrogens (tertiary/aromatic N) is 3. The fraction of sp³-hybridized carbons (Fsp3) is 0.429. The number of aromatic nitrogens is 1. The van der Waals surface area contributed by atoms with Crippen LogP contribution in [0, 0.1) is 0 Å². The minimum absolute atomic E-state index is 0.0190. The maximum atomic E-state index is 12.6. The fourth-order valence-corrected chi connectivity index (χ4v) is 4.13. The van der Waals surface area contributed by atoms with Gasteiger partial charge in [-0.25, -0.2) is 4.98 Å². The third kappa shape index (κ3) is 4.29. The van der Waals surface area contributed by atoms with Crippen LogP contribution in [0.5, 0.6) is 0 Å². The Morgan fingerprint density at radius 3 is 2.54 bits per heavy atom. The molecule has 2 saturated heterocycles. The molecule has 2 aliphatic rings. The summed E-state index contributed by atoms with van der Waals surface area (Å²) >= 11 is 5.90. The van der Waals surface area contributed by atoms with Gasteiger partial charge >= 0.3 is 0 Å². The van der Waals surface area contributed by atoms with Crippen molar-refractivity contribution in [1.29, 1.82) is 0 Å². The third-order valence-corrected chi connectivity index (χ3v) is 5.84. The van der Waals surface area contributed by atoms with Gasteiger partial charge in [0.2, 0.25) is 0 Å². The molecule has 28 heavy (non-hydrogen) atoms. The van der Waals surface area contributed by atoms with Crippen molar-refractivity contribution in [1.82, 2.24) is 15.2 Å². The lowest BCUT2D eigenvalue weighted by Gasteiger charge is -2.34. The molecule has 148 valence electrons. The number of pyridine rings is 1. The fourth-order valence-electron chi connectivity index (χ4n) is 4.01. The highest BCUT2D eigenvalue weighted by Gasteiger charge is 2.34. The second-order valence-corrected chi connectivity index (χ2v) is 7.94. The molecule has 2 aromatic rings. The molecule has 2 fully saturated rings. The molecule has 4 rings (SSSR count). The molecule has 2 N–H and O–H groups in total. The lowest BCUT2D eigenvalue weighted by Crippen LogP contribution is -2.50. The smallest absolute Gasteiger partial charge is 0.253 e. The van der Waals surface area contributed by atoms with Crippen molar-refractivity contribution in [3.63, 3.8) is 0 Å². The minimum atomic E-state index is -0.421. The first kappa shape index (κ1) is 19.2. The normalized spacial score (nSPS) is 23.2. The number of piperidine rings is 1. The summed E-state index contributed by atoms with van der Waals surface area (Å²) in [6, 6.07) is 13.2. The summed E-state index contributed by atoms with van der Waals surface area (Å²) in [5.41, 5.74) is 0.674. The van der Waals surface area contributed by atoms with Gasteiger partial charge < -0.3 is 20.2 Å². The van der Waals surface area contributed by atoms with Crippen molar-refractivity contribution in [2.45, 2.75) is 31.0 Å². The van der Waals surface area contributed by atoms with Gasteiger partial charge in [-0.2, -0.15) is 0 Å². The van der Waals surface area contributed by atoms with Crippen LogP contribution in [-0.2, 0) is 0 Å². The summed E-state index contributed by atoms with van der Waals surface area (Å²) in [4.78, 5) is 21.0. The number of nitrogens with one attached hydrogen (secondary N) is 1. The average molecular weight is 401 g/mol. The third-order valence-electron chi connectivity index (χ3n) is 5.59. The SMILES string of the molecule is O=C(c1ccc(Cl)cc1)N1CCC(NC2CN(c3ccccn3)C[C@H]2O)CC1. The van der Waals surface area contributed by atoms with Gasteiger partial charge in [0.25, 0.3) is 5.91 Å². The van der Waals surface area contributed by atoms with Gasteiger partial charge in [-0.3, -0.25) is 4.79 Å². The number of rotatable bonds is 4. The number of β-amino-alcohol motifs (C(OH)–C–C–N with tert-alkyl or cyclic N) is 1. The van der Waals surface area contributed by atoms with Gasteiger partial charge in [0.1, 0.15) is 5.82 Å². The quantitative estimate of drug-likeness (QED) is 0.823. The molecular weight excluding hydrogens is 376 g/mol. The van der Waals surface area contributed by atoms with Crippen LogP contribution in [0.15, 0.2) is 48.7 Å². The van der Waals surface area contributed by atoms with Gasteiger partial charge in [0.05, 0.1) is 12.1 Å². The van der Waals surface area contributed by atoms with E-state index in [1.54, 1.807) is 30.5 Å². The van der Waals surface area contributed by atoms with Crippen LogP contribution < -0.4 is 10.2 Å². The number of anilines is 1. The topological polar surface area (TPSA) is 68.7 Å². The van der Waals surface area contributed by atoms with Gasteiger partial charge in [0, 0.05) is 49.0 Å². The lowest BCUT2D eigenvalue weighted by atomic mass is 10.0. The first-order valence-electron chi connectivity index (χ1n) is 9.75. The number of aliphatic hydroxyl groups is 1. The second kappa shape index (κ2) is 8.47. The Kier molecular flexibility index (Phi) is 5.80. The van der Waals surface area contributed by atoms with E-state index in [2.05, 4.69) is 15.2 Å². The standard InChI is InChI=1S/C21H25ClN4O2/c22-16-6-4-15(5-7-16)21(28)25-11-8-17(9-12-25)24-18-13-26(14-19(18)27)20-3-1-2-10-23-20/h1-7,10,17-19,24,27H,8-9,11-14H2/t18?,19-/m1/s1. The summed E-state index contributed by atoms with van der Waals surface area (Å²) in [7, 11) is 0. The highest BCUT2D eigenvalue weighted by molar-refractivity contribution is 6.30. The number of amides is 1. The first-order valence-corrected chi connectivity index (χ1v) is 10.1. The largest absolute Gasteiger partial charge is 0.390 e. The van der Waals surface area contributed by atoms with Crippen LogP contribution in [0.4, 0.5) is 5.82 Å². The van der Waals surface area contributed by atoms with Crippen LogP contribution in [0.2, 0.25) is 5.02 Å². The van der Waals surface area contributed by atoms with E-state index in [4.69, 9.17) is 11.6 Å². The van der Waals surface area contributed by atoms with E-state index in [0.717, 1.165) is 25.2 Å². The van der Waals surface area contributed by atoms with E-state index < -0.39 is 6.10 Å². The molecule has 3 heterocycles. The Hall–Kier alpha value is -2.15. The maximum absolute atomic E-state index is 12.6. The monoisotopic (exact) mass is 400 g/mol. The zero-order chi connectivity index (χ0) is 19.5. The molecule has 1 amide bonds. The van der Waals surface area contributed by atoms with E-state index in [-0.39, 0.29) is 11.9 Å². The molecule has 1 unspecified atom stereocenters. The molecule has 0 aliphatic carbocycles. The molecule has 2 atom stereocenters. The van der Waals surface area contributed by atoms with Crippen molar-refractivity contribution in [2.24, 2.45) is 0 Å². The molecule has 2 aliphatic heterocycles. The summed E-state index contributed by atoms with van der Waals surface area (Å²) < 4.78 is 0. The average Bonchev–Trinajstić information content (AvgIpc) is 3.10. The molecule has 6 nitrogen and oxygen atoms in total. The van der Waals surface area contributed by atoms with Crippen LogP contribution in [0.1, 0.15) is 23.2 Å². The Labute approximate surface area is 170 Å². The van der Waals surface area contributed by atoms with Crippen LogP contribution >= 0.6 is 11.6 Å². The Morgan fingerprint density at radius 2 is 1.86 bits per heavy atom. The van der Waals surface area contributed by atoms with Gasteiger partial charge in [-0.15, -0.1) is 0 Å². The molecule has 0 spiro atoms. The molecule has 0 bridgehead atoms. The predicted octanol–water partition coefficient (Wildman–Crippen LogP) is 2.18. The van der Waals surface area contributed by atoms with E-state index in [1.807, 2.05) is 23.1 Å². The van der Waals surface area contributed by atoms with E-state index >= 15 is 0 Å². The van der Waals surface area contributed by atoms with Crippen molar-refractivity contribution < 1.29 is 9.90 Å². The summed E-state index contributed by atoms with van der Waals surface area (Å²) in [6.07, 6.45) is 3.12. The molecule has 0 radical (unpaired) electrons. The van der Waals surface area contributed by atoms with Crippen molar-refractivity contribution in [3.05, 3.63) is 59.2 Å². The summed E-state index contributed by atoms with van der Waals surface area (Å²) in [6.45, 7) is 2.75. The highest BCUT2D eigenvalue weighted by Crippen LogP contribution is 2.21. The van der Waals surface area contributed by atoms with E-state index in [1.165, 1.54) is 0 Å².